The van der Waals surface area contributed by atoms with Crippen molar-refractivity contribution in [3.63, 3.8) is 0 Å². The van der Waals surface area contributed by atoms with Gasteiger partial charge in [-0.2, -0.15) is 0 Å². The SMILES string of the molecule is Cc1ccc2c(c1)C(CCC(C)(C)C)CC2c1c(C)c(C)cc(S)c1C. The zero-order valence-electron chi connectivity index (χ0n) is 17.5. The van der Waals surface area contributed by atoms with Crippen LogP contribution in [-0.4, -0.2) is 0 Å². The van der Waals surface area contributed by atoms with E-state index in [9.17, 15) is 0 Å². The van der Waals surface area contributed by atoms with Crippen LogP contribution in [0.25, 0.3) is 0 Å². The van der Waals surface area contributed by atoms with E-state index in [1.54, 1.807) is 11.1 Å². The third-order valence-corrected chi connectivity index (χ3v) is 6.77. The number of benzene rings is 2. The summed E-state index contributed by atoms with van der Waals surface area (Å²) in [5, 5.41) is 0. The lowest BCUT2D eigenvalue weighted by Crippen LogP contribution is -2.08. The van der Waals surface area contributed by atoms with E-state index < -0.39 is 0 Å². The summed E-state index contributed by atoms with van der Waals surface area (Å²) in [5.41, 5.74) is 10.6. The van der Waals surface area contributed by atoms with Gasteiger partial charge in [0.05, 0.1) is 0 Å². The zero-order chi connectivity index (χ0) is 19.2. The Balaban J connectivity index is 2.06. The van der Waals surface area contributed by atoms with Crippen LogP contribution in [0.15, 0.2) is 29.2 Å². The second-order valence-corrected chi connectivity index (χ2v) is 10.1. The van der Waals surface area contributed by atoms with Crippen molar-refractivity contribution in [2.75, 3.05) is 0 Å². The summed E-state index contributed by atoms with van der Waals surface area (Å²) in [4.78, 5) is 1.13. The van der Waals surface area contributed by atoms with E-state index in [0.717, 1.165) is 4.90 Å². The van der Waals surface area contributed by atoms with Crippen LogP contribution >= 0.6 is 12.6 Å². The lowest BCUT2D eigenvalue weighted by Gasteiger charge is -2.23. The Morgan fingerprint density at radius 2 is 1.65 bits per heavy atom. The molecule has 0 heterocycles. The Bertz CT molecular complexity index is 797. The minimum absolute atomic E-state index is 0.398. The van der Waals surface area contributed by atoms with Crippen molar-refractivity contribution >= 4 is 12.6 Å². The molecule has 0 amide bonds. The molecule has 2 unspecified atom stereocenters. The van der Waals surface area contributed by atoms with E-state index in [0.29, 0.717) is 17.3 Å². The first-order chi connectivity index (χ1) is 12.1. The van der Waals surface area contributed by atoms with E-state index in [1.165, 1.54) is 47.1 Å². The van der Waals surface area contributed by atoms with Gasteiger partial charge in [-0.3, -0.25) is 0 Å². The molecule has 0 aromatic heterocycles. The fourth-order valence-corrected chi connectivity index (χ4v) is 4.95. The number of fused-ring (bicyclic) bond motifs is 1. The minimum atomic E-state index is 0.398. The zero-order valence-corrected chi connectivity index (χ0v) is 18.4. The Morgan fingerprint density at radius 1 is 0.962 bits per heavy atom. The van der Waals surface area contributed by atoms with Gasteiger partial charge in [0.2, 0.25) is 0 Å². The summed E-state index contributed by atoms with van der Waals surface area (Å²) in [6.07, 6.45) is 3.81. The van der Waals surface area contributed by atoms with Crippen molar-refractivity contribution in [3.05, 3.63) is 63.2 Å². The molecule has 1 aliphatic carbocycles. The second kappa shape index (κ2) is 7.08. The molecule has 0 spiro atoms. The Morgan fingerprint density at radius 3 is 2.31 bits per heavy atom. The molecule has 3 rings (SSSR count). The molecule has 1 heteroatoms. The van der Waals surface area contributed by atoms with Crippen LogP contribution < -0.4 is 0 Å². The molecule has 0 N–H and O–H groups in total. The van der Waals surface area contributed by atoms with E-state index in [1.807, 2.05) is 0 Å². The van der Waals surface area contributed by atoms with Gasteiger partial charge >= 0.3 is 0 Å². The van der Waals surface area contributed by atoms with Crippen molar-refractivity contribution in [1.82, 2.24) is 0 Å². The Labute approximate surface area is 165 Å². The lowest BCUT2D eigenvalue weighted by molar-refractivity contribution is 0.346. The highest BCUT2D eigenvalue weighted by molar-refractivity contribution is 7.80. The van der Waals surface area contributed by atoms with Gasteiger partial charge in [-0.1, -0.05) is 44.5 Å². The maximum absolute atomic E-state index is 4.77. The molecular weight excluding hydrogens is 332 g/mol. The summed E-state index contributed by atoms with van der Waals surface area (Å²) < 4.78 is 0. The van der Waals surface area contributed by atoms with Crippen LogP contribution in [0.2, 0.25) is 0 Å². The first-order valence-electron chi connectivity index (χ1n) is 9.98. The molecule has 1 aliphatic rings. The third-order valence-electron chi connectivity index (χ3n) is 6.31. The minimum Gasteiger partial charge on any atom is -0.143 e. The molecule has 0 fully saturated rings. The number of thiol groups is 1. The highest BCUT2D eigenvalue weighted by atomic mass is 32.1. The van der Waals surface area contributed by atoms with Crippen molar-refractivity contribution in [2.24, 2.45) is 5.41 Å². The predicted octanol–water partition coefficient (Wildman–Crippen LogP) is 7.65. The molecule has 0 aliphatic heterocycles. The van der Waals surface area contributed by atoms with Crippen LogP contribution in [0.5, 0.6) is 0 Å². The van der Waals surface area contributed by atoms with Gasteiger partial charge in [-0.05, 0) is 97.7 Å². The van der Waals surface area contributed by atoms with Crippen molar-refractivity contribution in [2.45, 2.75) is 84.5 Å². The predicted molar refractivity (Wildman–Crippen MR) is 117 cm³/mol. The highest BCUT2D eigenvalue weighted by Gasteiger charge is 2.34. The van der Waals surface area contributed by atoms with E-state index in [4.69, 9.17) is 12.6 Å². The Hall–Kier alpha value is -1.21. The molecule has 0 nitrogen and oxygen atoms in total. The molecule has 0 bridgehead atoms. The van der Waals surface area contributed by atoms with E-state index >= 15 is 0 Å². The summed E-state index contributed by atoms with van der Waals surface area (Å²) in [6.45, 7) is 16.1. The maximum Gasteiger partial charge on any atom is 0.0104 e. The fourth-order valence-electron chi connectivity index (χ4n) is 4.63. The van der Waals surface area contributed by atoms with Gasteiger partial charge in [0.25, 0.3) is 0 Å². The van der Waals surface area contributed by atoms with Gasteiger partial charge in [-0.15, -0.1) is 12.6 Å². The number of aryl methyl sites for hydroxylation is 2. The average Bonchev–Trinajstić information content (AvgIpc) is 2.88. The third kappa shape index (κ3) is 3.74. The van der Waals surface area contributed by atoms with Crippen molar-refractivity contribution < 1.29 is 0 Å². The Kier molecular flexibility index (Phi) is 5.32. The van der Waals surface area contributed by atoms with Crippen LogP contribution in [0.1, 0.15) is 90.8 Å². The summed E-state index contributed by atoms with van der Waals surface area (Å²) in [5.74, 6) is 1.19. The first kappa shape index (κ1) is 19.5. The monoisotopic (exact) mass is 366 g/mol. The standard InChI is InChI=1S/C25H34S/c1-15-8-9-20-21(12-15)19(10-11-25(5,6)7)14-22(20)24-17(3)16(2)13-23(26)18(24)4/h8-9,12-13,19,22,26H,10-11,14H2,1-7H3. The maximum atomic E-state index is 4.77. The van der Waals surface area contributed by atoms with Gasteiger partial charge in [0, 0.05) is 10.8 Å². The smallest absolute Gasteiger partial charge is 0.0104 e. The summed E-state index contributed by atoms with van der Waals surface area (Å²) in [7, 11) is 0. The molecule has 2 aromatic carbocycles. The van der Waals surface area contributed by atoms with Gasteiger partial charge in [0.1, 0.15) is 0 Å². The first-order valence-corrected chi connectivity index (χ1v) is 10.4. The van der Waals surface area contributed by atoms with Gasteiger partial charge in [0.15, 0.2) is 0 Å². The molecule has 0 saturated heterocycles. The number of rotatable bonds is 3. The molecule has 0 radical (unpaired) electrons. The number of hydrogen-bond acceptors (Lipinski definition) is 1. The van der Waals surface area contributed by atoms with Crippen molar-refractivity contribution in [3.8, 4) is 0 Å². The van der Waals surface area contributed by atoms with E-state index in [2.05, 4.69) is 72.7 Å². The highest BCUT2D eigenvalue weighted by Crippen LogP contribution is 2.50. The van der Waals surface area contributed by atoms with E-state index in [-0.39, 0.29) is 0 Å². The molecule has 2 aromatic rings. The lowest BCUT2D eigenvalue weighted by atomic mass is 9.83. The van der Waals surface area contributed by atoms with Gasteiger partial charge in [-0.25, -0.2) is 0 Å². The number of hydrogen-bond donors (Lipinski definition) is 1. The molecule has 26 heavy (non-hydrogen) atoms. The van der Waals surface area contributed by atoms with Crippen LogP contribution in [-0.2, 0) is 0 Å². The quantitative estimate of drug-likeness (QED) is 0.530. The fraction of sp³-hybridized carbons (Fsp3) is 0.520. The summed E-state index contributed by atoms with van der Waals surface area (Å²) >= 11 is 4.77. The summed E-state index contributed by atoms with van der Waals surface area (Å²) in [6, 6.07) is 9.36. The van der Waals surface area contributed by atoms with Crippen LogP contribution in [0, 0.1) is 33.1 Å². The average molecular weight is 367 g/mol. The molecule has 0 saturated carbocycles. The second-order valence-electron chi connectivity index (χ2n) is 9.59. The molecular formula is C25H34S. The van der Waals surface area contributed by atoms with Crippen molar-refractivity contribution in [1.29, 1.82) is 0 Å². The van der Waals surface area contributed by atoms with Crippen LogP contribution in [0.3, 0.4) is 0 Å². The molecule has 140 valence electrons. The van der Waals surface area contributed by atoms with Gasteiger partial charge < -0.3 is 0 Å². The molecule has 2 atom stereocenters. The normalized spacial score (nSPS) is 19.7. The largest absolute Gasteiger partial charge is 0.143 e. The van der Waals surface area contributed by atoms with Crippen LogP contribution in [0.4, 0.5) is 0 Å². The topological polar surface area (TPSA) is 0 Å².